The van der Waals surface area contributed by atoms with Gasteiger partial charge in [0.15, 0.2) is 11.5 Å². The lowest BCUT2D eigenvalue weighted by Crippen LogP contribution is -2.33. The zero-order valence-corrected chi connectivity index (χ0v) is 14.8. The van der Waals surface area contributed by atoms with E-state index in [-0.39, 0.29) is 19.1 Å². The first-order valence-corrected chi connectivity index (χ1v) is 9.40. The second kappa shape index (κ2) is 7.63. The van der Waals surface area contributed by atoms with Gasteiger partial charge in [0.25, 0.3) is 0 Å². The lowest BCUT2D eigenvalue weighted by molar-refractivity contribution is -0.115. The molecule has 0 radical (unpaired) electrons. The Hall–Kier alpha value is -2.78. The van der Waals surface area contributed by atoms with E-state index in [1.165, 1.54) is 7.11 Å². The molecule has 0 saturated heterocycles. The number of carbonyl (C=O) groups excluding carboxylic acids is 1. The van der Waals surface area contributed by atoms with Gasteiger partial charge in [0.05, 0.1) is 19.4 Å². The van der Waals surface area contributed by atoms with E-state index in [1.54, 1.807) is 42.5 Å². The highest BCUT2D eigenvalue weighted by atomic mass is 32.2. The average molecular weight is 378 g/mol. The van der Waals surface area contributed by atoms with Crippen LogP contribution in [0.3, 0.4) is 0 Å². The maximum Gasteiger partial charge on any atom is 0.239 e. The zero-order valence-electron chi connectivity index (χ0n) is 14.0. The molecule has 0 spiro atoms. The summed E-state index contributed by atoms with van der Waals surface area (Å²) in [6.07, 6.45) is 0. The second-order valence-electron chi connectivity index (χ2n) is 5.55. The fourth-order valence-corrected chi connectivity index (χ4v) is 3.45. The van der Waals surface area contributed by atoms with E-state index in [1.807, 2.05) is 0 Å². The van der Waals surface area contributed by atoms with Crippen LogP contribution in [0.1, 0.15) is 5.56 Å². The molecule has 138 valence electrons. The quantitative estimate of drug-likeness (QED) is 0.757. The zero-order chi connectivity index (χ0) is 18.6. The minimum absolute atomic E-state index is 0.119. The Kier molecular flexibility index (Phi) is 5.29. The molecule has 2 aromatic carbocycles. The van der Waals surface area contributed by atoms with Gasteiger partial charge in [0.1, 0.15) is 5.75 Å². The summed E-state index contributed by atoms with van der Waals surface area (Å²) in [7, 11) is -2.17. The maximum absolute atomic E-state index is 12.2. The molecular weight excluding hydrogens is 360 g/mol. The molecule has 0 atom stereocenters. The van der Waals surface area contributed by atoms with E-state index in [2.05, 4.69) is 10.0 Å². The number of carbonyl (C=O) groups is 1. The Bertz CT molecular complexity index is 913. The molecule has 1 aliphatic rings. The topological polar surface area (TPSA) is 103 Å². The van der Waals surface area contributed by atoms with Crippen LogP contribution >= 0.6 is 0 Å². The number of benzene rings is 2. The summed E-state index contributed by atoms with van der Waals surface area (Å²) in [4.78, 5) is 11.9. The first-order valence-electron chi connectivity index (χ1n) is 7.75. The number of nitrogens with one attached hydrogen (secondary N) is 2. The molecular formula is C17H18N2O6S. The highest BCUT2D eigenvalue weighted by Gasteiger charge is 2.18. The summed E-state index contributed by atoms with van der Waals surface area (Å²) in [6, 6.07) is 11.7. The molecule has 8 nitrogen and oxygen atoms in total. The largest absolute Gasteiger partial charge is 0.497 e. The van der Waals surface area contributed by atoms with Crippen molar-refractivity contribution in [1.29, 1.82) is 0 Å². The van der Waals surface area contributed by atoms with Gasteiger partial charge in [0.2, 0.25) is 22.7 Å². The molecule has 0 unspecified atom stereocenters. The summed E-state index contributed by atoms with van der Waals surface area (Å²) < 4.78 is 42.1. The highest BCUT2D eigenvalue weighted by molar-refractivity contribution is 7.88. The molecule has 0 saturated carbocycles. The first kappa shape index (κ1) is 18.0. The van der Waals surface area contributed by atoms with Gasteiger partial charge in [-0.25, -0.2) is 13.1 Å². The number of rotatable bonds is 7. The van der Waals surface area contributed by atoms with Crippen LogP contribution in [0, 0.1) is 0 Å². The minimum atomic E-state index is -3.68. The fraction of sp³-hybridized carbons (Fsp3) is 0.235. The third kappa shape index (κ3) is 4.64. The van der Waals surface area contributed by atoms with Crippen LogP contribution < -0.4 is 24.2 Å². The number of fused-ring (bicyclic) bond motifs is 1. The van der Waals surface area contributed by atoms with Gasteiger partial charge in [-0.15, -0.1) is 0 Å². The summed E-state index contributed by atoms with van der Waals surface area (Å²) in [6.45, 7) is -0.252. The SMILES string of the molecule is COc1cccc(NC(=O)CNS(=O)(=O)Cc2ccc3c(c2)OCO3)c1. The van der Waals surface area contributed by atoms with Crippen LogP contribution in [0.5, 0.6) is 17.2 Å². The molecule has 0 aromatic heterocycles. The lowest BCUT2D eigenvalue weighted by atomic mass is 10.2. The van der Waals surface area contributed by atoms with Crippen LogP contribution in [-0.4, -0.2) is 34.8 Å². The molecule has 1 aliphatic heterocycles. The number of amides is 1. The van der Waals surface area contributed by atoms with Crippen LogP contribution in [0.25, 0.3) is 0 Å². The van der Waals surface area contributed by atoms with Gasteiger partial charge in [0, 0.05) is 11.8 Å². The third-order valence-corrected chi connectivity index (χ3v) is 4.90. The molecule has 9 heteroatoms. The Morgan fingerprint density at radius 3 is 2.77 bits per heavy atom. The smallest absolute Gasteiger partial charge is 0.239 e. The molecule has 1 heterocycles. The predicted octanol–water partition coefficient (Wildman–Crippen LogP) is 1.48. The number of methoxy groups -OCH3 is 1. The van der Waals surface area contributed by atoms with Crippen molar-refractivity contribution in [3.8, 4) is 17.2 Å². The van der Waals surface area contributed by atoms with E-state index < -0.39 is 15.9 Å². The minimum Gasteiger partial charge on any atom is -0.497 e. The summed E-state index contributed by atoms with van der Waals surface area (Å²) in [5.41, 5.74) is 1.05. The van der Waals surface area contributed by atoms with E-state index in [0.717, 1.165) is 0 Å². The number of sulfonamides is 1. The monoisotopic (exact) mass is 378 g/mol. The first-order chi connectivity index (χ1) is 12.4. The number of hydrogen-bond donors (Lipinski definition) is 2. The Morgan fingerprint density at radius 1 is 1.15 bits per heavy atom. The number of anilines is 1. The maximum atomic E-state index is 12.2. The van der Waals surface area contributed by atoms with E-state index in [9.17, 15) is 13.2 Å². The van der Waals surface area contributed by atoms with Gasteiger partial charge in [-0.05, 0) is 29.8 Å². The van der Waals surface area contributed by atoms with Crippen molar-refractivity contribution in [3.05, 3.63) is 48.0 Å². The van der Waals surface area contributed by atoms with Crippen molar-refractivity contribution >= 4 is 21.6 Å². The molecule has 0 aliphatic carbocycles. The van der Waals surface area contributed by atoms with Crippen molar-refractivity contribution in [3.63, 3.8) is 0 Å². The van der Waals surface area contributed by atoms with Crippen molar-refractivity contribution in [2.45, 2.75) is 5.75 Å². The van der Waals surface area contributed by atoms with Gasteiger partial charge in [-0.1, -0.05) is 12.1 Å². The summed E-state index contributed by atoms with van der Waals surface area (Å²) >= 11 is 0. The Balaban J connectivity index is 1.55. The Labute approximate surface area is 151 Å². The molecule has 3 rings (SSSR count). The summed E-state index contributed by atoms with van der Waals surface area (Å²) in [5.74, 6) is 0.930. The van der Waals surface area contributed by atoms with E-state index >= 15 is 0 Å². The lowest BCUT2D eigenvalue weighted by Gasteiger charge is -2.09. The van der Waals surface area contributed by atoms with Crippen LogP contribution in [0.2, 0.25) is 0 Å². The molecule has 2 N–H and O–H groups in total. The number of hydrogen-bond acceptors (Lipinski definition) is 6. The molecule has 0 fully saturated rings. The van der Waals surface area contributed by atoms with Crippen molar-refractivity contribution < 1.29 is 27.4 Å². The normalized spacial score (nSPS) is 12.7. The Morgan fingerprint density at radius 2 is 1.96 bits per heavy atom. The van der Waals surface area contributed by atoms with Crippen molar-refractivity contribution in [2.24, 2.45) is 0 Å². The van der Waals surface area contributed by atoms with E-state index in [0.29, 0.717) is 28.5 Å². The van der Waals surface area contributed by atoms with Gasteiger partial charge in [-0.3, -0.25) is 4.79 Å². The molecule has 0 bridgehead atoms. The third-order valence-electron chi connectivity index (χ3n) is 3.60. The van der Waals surface area contributed by atoms with Crippen LogP contribution in [0.15, 0.2) is 42.5 Å². The molecule has 1 amide bonds. The average Bonchev–Trinajstić information content (AvgIpc) is 3.08. The van der Waals surface area contributed by atoms with Crippen molar-refractivity contribution in [1.82, 2.24) is 4.72 Å². The number of ether oxygens (including phenoxy) is 3. The van der Waals surface area contributed by atoms with Crippen LogP contribution in [0.4, 0.5) is 5.69 Å². The van der Waals surface area contributed by atoms with Crippen molar-refractivity contribution in [2.75, 3.05) is 25.8 Å². The van der Waals surface area contributed by atoms with Crippen LogP contribution in [-0.2, 0) is 20.6 Å². The fourth-order valence-electron chi connectivity index (χ4n) is 2.38. The van der Waals surface area contributed by atoms with Gasteiger partial charge >= 0.3 is 0 Å². The standard InChI is InChI=1S/C17H18N2O6S/c1-23-14-4-2-3-13(8-14)19-17(20)9-18-26(21,22)10-12-5-6-15-16(7-12)25-11-24-15/h2-8,18H,9-11H2,1H3,(H,19,20). The van der Waals surface area contributed by atoms with E-state index in [4.69, 9.17) is 14.2 Å². The summed E-state index contributed by atoms with van der Waals surface area (Å²) in [5, 5.41) is 2.60. The molecule has 2 aromatic rings. The van der Waals surface area contributed by atoms with Gasteiger partial charge < -0.3 is 19.5 Å². The van der Waals surface area contributed by atoms with Gasteiger partial charge in [-0.2, -0.15) is 0 Å². The second-order valence-corrected chi connectivity index (χ2v) is 7.35. The highest BCUT2D eigenvalue weighted by Crippen LogP contribution is 2.32. The predicted molar refractivity (Wildman–Crippen MR) is 94.8 cm³/mol. The molecule has 26 heavy (non-hydrogen) atoms.